The standard InChI is InChI=1S/C13H17BrO3/c1-9-10(14)6-5-7-11(9)16-8-12(15)17-13(2,3)4/h5-7H,8H2,1-4H3. The van der Waals surface area contributed by atoms with Crippen LogP contribution in [-0.4, -0.2) is 18.2 Å². The van der Waals surface area contributed by atoms with Gasteiger partial charge in [-0.15, -0.1) is 0 Å². The molecular weight excluding hydrogens is 284 g/mol. The number of rotatable bonds is 3. The Morgan fingerprint density at radius 1 is 1.35 bits per heavy atom. The van der Waals surface area contributed by atoms with Gasteiger partial charge in [-0.1, -0.05) is 22.0 Å². The van der Waals surface area contributed by atoms with Crippen molar-refractivity contribution in [2.24, 2.45) is 0 Å². The lowest BCUT2D eigenvalue weighted by Crippen LogP contribution is -2.27. The van der Waals surface area contributed by atoms with E-state index in [0.29, 0.717) is 5.75 Å². The molecule has 0 aliphatic carbocycles. The van der Waals surface area contributed by atoms with Crippen LogP contribution >= 0.6 is 15.9 Å². The van der Waals surface area contributed by atoms with Crippen molar-refractivity contribution in [3.05, 3.63) is 28.2 Å². The van der Waals surface area contributed by atoms with Gasteiger partial charge in [0.25, 0.3) is 0 Å². The normalized spacial score (nSPS) is 11.1. The van der Waals surface area contributed by atoms with E-state index in [-0.39, 0.29) is 12.6 Å². The van der Waals surface area contributed by atoms with Crippen LogP contribution in [0.4, 0.5) is 0 Å². The highest BCUT2D eigenvalue weighted by molar-refractivity contribution is 9.10. The summed E-state index contributed by atoms with van der Waals surface area (Å²) in [5.74, 6) is 0.321. The molecule has 0 bridgehead atoms. The van der Waals surface area contributed by atoms with Crippen molar-refractivity contribution < 1.29 is 14.3 Å². The molecule has 1 aromatic rings. The molecule has 0 saturated carbocycles. The topological polar surface area (TPSA) is 35.5 Å². The van der Waals surface area contributed by atoms with Gasteiger partial charge < -0.3 is 9.47 Å². The van der Waals surface area contributed by atoms with Crippen LogP contribution in [0.2, 0.25) is 0 Å². The molecule has 1 aromatic carbocycles. The molecule has 0 saturated heterocycles. The van der Waals surface area contributed by atoms with Crippen molar-refractivity contribution in [1.82, 2.24) is 0 Å². The van der Waals surface area contributed by atoms with Gasteiger partial charge in [0.1, 0.15) is 11.4 Å². The van der Waals surface area contributed by atoms with E-state index in [1.165, 1.54) is 0 Å². The minimum atomic E-state index is -0.479. The predicted octanol–water partition coefficient (Wildman–Crippen LogP) is 3.48. The number of halogens is 1. The van der Waals surface area contributed by atoms with Crippen LogP contribution in [0.25, 0.3) is 0 Å². The zero-order valence-electron chi connectivity index (χ0n) is 10.5. The molecule has 94 valence electrons. The molecule has 0 N–H and O–H groups in total. The van der Waals surface area contributed by atoms with Gasteiger partial charge in [0.2, 0.25) is 0 Å². The van der Waals surface area contributed by atoms with Gasteiger partial charge in [-0.25, -0.2) is 4.79 Å². The fourth-order valence-corrected chi connectivity index (χ4v) is 1.60. The Hall–Kier alpha value is -1.03. The first kappa shape index (κ1) is 14.0. The minimum absolute atomic E-state index is 0.0748. The quantitative estimate of drug-likeness (QED) is 0.802. The SMILES string of the molecule is Cc1c(Br)cccc1OCC(=O)OC(C)(C)C. The van der Waals surface area contributed by atoms with E-state index in [1.807, 2.05) is 45.9 Å². The second kappa shape index (κ2) is 5.54. The lowest BCUT2D eigenvalue weighted by atomic mass is 10.2. The highest BCUT2D eigenvalue weighted by Gasteiger charge is 2.16. The van der Waals surface area contributed by atoms with Crippen LogP contribution in [0.3, 0.4) is 0 Å². The third-order valence-electron chi connectivity index (χ3n) is 1.98. The van der Waals surface area contributed by atoms with Crippen LogP contribution in [-0.2, 0) is 9.53 Å². The lowest BCUT2D eigenvalue weighted by molar-refractivity contribution is -0.157. The first-order chi connectivity index (χ1) is 7.79. The number of esters is 1. The fourth-order valence-electron chi connectivity index (χ4n) is 1.25. The molecule has 0 aliphatic rings. The second-order valence-electron chi connectivity index (χ2n) is 4.74. The van der Waals surface area contributed by atoms with Gasteiger partial charge in [-0.2, -0.15) is 0 Å². The summed E-state index contributed by atoms with van der Waals surface area (Å²) in [4.78, 5) is 11.5. The summed E-state index contributed by atoms with van der Waals surface area (Å²) in [7, 11) is 0. The molecule has 1 rings (SSSR count). The summed E-state index contributed by atoms with van der Waals surface area (Å²) in [5.41, 5.74) is 0.489. The van der Waals surface area contributed by atoms with Crippen molar-refractivity contribution in [1.29, 1.82) is 0 Å². The molecule has 0 atom stereocenters. The average Bonchev–Trinajstić information content (AvgIpc) is 2.18. The predicted molar refractivity (Wildman–Crippen MR) is 70.2 cm³/mol. The molecule has 0 fully saturated rings. The molecular formula is C13H17BrO3. The first-order valence-corrected chi connectivity index (χ1v) is 6.18. The zero-order chi connectivity index (χ0) is 13.1. The smallest absolute Gasteiger partial charge is 0.344 e. The third kappa shape index (κ3) is 4.77. The van der Waals surface area contributed by atoms with Crippen molar-refractivity contribution in [3.8, 4) is 5.75 Å². The molecule has 0 unspecified atom stereocenters. The number of hydrogen-bond acceptors (Lipinski definition) is 3. The van der Waals surface area contributed by atoms with Crippen molar-refractivity contribution in [2.75, 3.05) is 6.61 Å². The summed E-state index contributed by atoms with van der Waals surface area (Å²) in [6, 6.07) is 5.61. The highest BCUT2D eigenvalue weighted by atomic mass is 79.9. The molecule has 0 aromatic heterocycles. The van der Waals surface area contributed by atoms with E-state index < -0.39 is 5.60 Å². The van der Waals surface area contributed by atoms with Crippen molar-refractivity contribution in [2.45, 2.75) is 33.3 Å². The number of ether oxygens (including phenoxy) is 2. The molecule has 0 aliphatic heterocycles. The van der Waals surface area contributed by atoms with Gasteiger partial charge in [0, 0.05) is 10.0 Å². The van der Waals surface area contributed by atoms with E-state index in [0.717, 1.165) is 10.0 Å². The Balaban J connectivity index is 2.56. The Labute approximate surface area is 110 Å². The Morgan fingerprint density at radius 2 is 2.00 bits per heavy atom. The molecule has 3 nitrogen and oxygen atoms in total. The molecule has 0 amide bonds. The number of benzene rings is 1. The van der Waals surface area contributed by atoms with Gasteiger partial charge >= 0.3 is 5.97 Å². The minimum Gasteiger partial charge on any atom is -0.482 e. The number of carbonyl (C=O) groups is 1. The van der Waals surface area contributed by atoms with E-state index in [9.17, 15) is 4.79 Å². The molecule has 4 heteroatoms. The summed E-state index contributed by atoms with van der Waals surface area (Å²) in [5, 5.41) is 0. The maximum absolute atomic E-state index is 11.5. The van der Waals surface area contributed by atoms with Crippen molar-refractivity contribution in [3.63, 3.8) is 0 Å². The lowest BCUT2D eigenvalue weighted by Gasteiger charge is -2.19. The van der Waals surface area contributed by atoms with Crippen LogP contribution in [0.15, 0.2) is 22.7 Å². The van der Waals surface area contributed by atoms with Gasteiger partial charge in [0.15, 0.2) is 6.61 Å². The average molecular weight is 301 g/mol. The maximum Gasteiger partial charge on any atom is 0.344 e. The molecule has 17 heavy (non-hydrogen) atoms. The number of hydrogen-bond donors (Lipinski definition) is 0. The first-order valence-electron chi connectivity index (χ1n) is 5.39. The van der Waals surface area contributed by atoms with E-state index in [2.05, 4.69) is 15.9 Å². The maximum atomic E-state index is 11.5. The van der Waals surface area contributed by atoms with Crippen LogP contribution in [0.5, 0.6) is 5.75 Å². The summed E-state index contributed by atoms with van der Waals surface area (Å²) >= 11 is 3.41. The van der Waals surface area contributed by atoms with Crippen LogP contribution in [0.1, 0.15) is 26.3 Å². The summed E-state index contributed by atoms with van der Waals surface area (Å²) in [6.07, 6.45) is 0. The van der Waals surface area contributed by atoms with Crippen LogP contribution in [0, 0.1) is 6.92 Å². The Bertz CT molecular complexity index is 408. The van der Waals surface area contributed by atoms with Gasteiger partial charge in [-0.3, -0.25) is 0 Å². The largest absolute Gasteiger partial charge is 0.482 e. The van der Waals surface area contributed by atoms with Crippen LogP contribution < -0.4 is 4.74 Å². The van der Waals surface area contributed by atoms with Gasteiger partial charge in [0.05, 0.1) is 0 Å². The van der Waals surface area contributed by atoms with E-state index in [4.69, 9.17) is 9.47 Å². The summed E-state index contributed by atoms with van der Waals surface area (Å²) < 4.78 is 11.5. The van der Waals surface area contributed by atoms with Gasteiger partial charge in [-0.05, 0) is 39.8 Å². The van der Waals surface area contributed by atoms with Crippen molar-refractivity contribution >= 4 is 21.9 Å². The third-order valence-corrected chi connectivity index (χ3v) is 2.84. The van der Waals surface area contributed by atoms with E-state index in [1.54, 1.807) is 0 Å². The monoisotopic (exact) mass is 300 g/mol. The highest BCUT2D eigenvalue weighted by Crippen LogP contribution is 2.25. The second-order valence-corrected chi connectivity index (χ2v) is 5.59. The Kier molecular flexibility index (Phi) is 4.57. The molecule has 0 radical (unpaired) electrons. The molecule has 0 spiro atoms. The Morgan fingerprint density at radius 3 is 2.59 bits per heavy atom. The number of carbonyl (C=O) groups excluding carboxylic acids is 1. The zero-order valence-corrected chi connectivity index (χ0v) is 12.1. The summed E-state index contributed by atoms with van der Waals surface area (Å²) in [6.45, 7) is 7.34. The molecule has 0 heterocycles. The fraction of sp³-hybridized carbons (Fsp3) is 0.462. The van der Waals surface area contributed by atoms with E-state index >= 15 is 0 Å².